The van der Waals surface area contributed by atoms with E-state index in [-0.39, 0.29) is 17.0 Å². The third-order valence-corrected chi connectivity index (χ3v) is 5.23. The SMILES string of the molecule is CC1CCOC1C(Br)c1ccc2c(c1)CN(C)C(=O)N2. The van der Waals surface area contributed by atoms with E-state index in [0.717, 1.165) is 24.3 Å². The Morgan fingerprint density at radius 1 is 1.50 bits per heavy atom. The van der Waals surface area contributed by atoms with Crippen LogP contribution in [-0.2, 0) is 11.3 Å². The van der Waals surface area contributed by atoms with Crippen molar-refractivity contribution in [3.05, 3.63) is 29.3 Å². The Hall–Kier alpha value is -1.07. The van der Waals surface area contributed by atoms with E-state index in [2.05, 4.69) is 40.3 Å². The highest BCUT2D eigenvalue weighted by atomic mass is 79.9. The summed E-state index contributed by atoms with van der Waals surface area (Å²) in [6, 6.07) is 6.18. The molecule has 3 atom stereocenters. The Bertz CT molecular complexity index is 535. The zero-order valence-corrected chi connectivity index (χ0v) is 13.3. The standard InChI is InChI=1S/C15H19BrN2O2/c1-9-5-6-20-14(9)13(16)10-3-4-12-11(7-10)8-18(2)15(19)17-12/h3-4,7,9,13-14H,5-6,8H2,1-2H3,(H,17,19). The number of carbonyl (C=O) groups is 1. The molecule has 2 amide bonds. The molecule has 1 fully saturated rings. The van der Waals surface area contributed by atoms with Crippen molar-refractivity contribution in [3.63, 3.8) is 0 Å². The maximum atomic E-state index is 11.6. The summed E-state index contributed by atoms with van der Waals surface area (Å²) >= 11 is 3.78. The number of ether oxygens (including phenoxy) is 1. The Balaban J connectivity index is 1.85. The van der Waals surface area contributed by atoms with Crippen LogP contribution >= 0.6 is 15.9 Å². The largest absolute Gasteiger partial charge is 0.376 e. The normalized spacial score (nSPS) is 27.1. The Morgan fingerprint density at radius 2 is 2.30 bits per heavy atom. The van der Waals surface area contributed by atoms with Crippen LogP contribution in [0, 0.1) is 5.92 Å². The van der Waals surface area contributed by atoms with Crippen molar-refractivity contribution in [2.24, 2.45) is 5.92 Å². The van der Waals surface area contributed by atoms with Gasteiger partial charge in [-0.3, -0.25) is 0 Å². The van der Waals surface area contributed by atoms with Crippen LogP contribution in [0.25, 0.3) is 0 Å². The Labute approximate surface area is 127 Å². The second kappa shape index (κ2) is 5.37. The van der Waals surface area contributed by atoms with E-state index in [1.54, 1.807) is 11.9 Å². The fourth-order valence-corrected chi connectivity index (χ4v) is 3.82. The van der Waals surface area contributed by atoms with Crippen LogP contribution in [0.2, 0.25) is 0 Å². The first-order valence-electron chi connectivity index (χ1n) is 6.97. The summed E-state index contributed by atoms with van der Waals surface area (Å²) in [6.07, 6.45) is 1.35. The average molecular weight is 339 g/mol. The molecule has 0 aromatic heterocycles. The van der Waals surface area contributed by atoms with E-state index in [4.69, 9.17) is 4.74 Å². The molecule has 2 heterocycles. The Morgan fingerprint density at radius 3 is 3.00 bits per heavy atom. The lowest BCUT2D eigenvalue weighted by Crippen LogP contribution is -2.35. The summed E-state index contributed by atoms with van der Waals surface area (Å²) in [5.74, 6) is 0.567. The van der Waals surface area contributed by atoms with Gasteiger partial charge in [0.15, 0.2) is 0 Å². The second-order valence-electron chi connectivity index (χ2n) is 5.71. The van der Waals surface area contributed by atoms with E-state index in [1.165, 1.54) is 5.56 Å². The minimum Gasteiger partial charge on any atom is -0.376 e. The predicted molar refractivity (Wildman–Crippen MR) is 82.1 cm³/mol. The second-order valence-corrected chi connectivity index (χ2v) is 6.69. The summed E-state index contributed by atoms with van der Waals surface area (Å²) < 4.78 is 5.84. The lowest BCUT2D eigenvalue weighted by atomic mass is 9.95. The number of alkyl halides is 1. The highest BCUT2D eigenvalue weighted by molar-refractivity contribution is 9.09. The van der Waals surface area contributed by atoms with Crippen LogP contribution in [0.1, 0.15) is 29.3 Å². The van der Waals surface area contributed by atoms with E-state index < -0.39 is 0 Å². The lowest BCUT2D eigenvalue weighted by molar-refractivity contribution is 0.0935. The van der Waals surface area contributed by atoms with Gasteiger partial charge >= 0.3 is 6.03 Å². The van der Waals surface area contributed by atoms with E-state index in [0.29, 0.717) is 12.5 Å². The molecule has 108 valence electrons. The number of rotatable bonds is 2. The number of halogens is 1. The van der Waals surface area contributed by atoms with Crippen molar-refractivity contribution < 1.29 is 9.53 Å². The summed E-state index contributed by atoms with van der Waals surface area (Å²) in [6.45, 7) is 3.73. The molecule has 0 saturated carbocycles. The van der Waals surface area contributed by atoms with Crippen molar-refractivity contribution in [1.82, 2.24) is 4.90 Å². The number of anilines is 1. The fourth-order valence-electron chi connectivity index (χ4n) is 2.86. The summed E-state index contributed by atoms with van der Waals surface area (Å²) in [7, 11) is 1.80. The van der Waals surface area contributed by atoms with Crippen LogP contribution in [0.3, 0.4) is 0 Å². The van der Waals surface area contributed by atoms with Crippen molar-refractivity contribution in [2.75, 3.05) is 19.0 Å². The topological polar surface area (TPSA) is 41.6 Å². The fraction of sp³-hybridized carbons (Fsp3) is 0.533. The molecule has 4 nitrogen and oxygen atoms in total. The molecular weight excluding hydrogens is 320 g/mol. The number of fused-ring (bicyclic) bond motifs is 1. The summed E-state index contributed by atoms with van der Waals surface area (Å²) in [4.78, 5) is 13.5. The monoisotopic (exact) mass is 338 g/mol. The number of nitrogens with one attached hydrogen (secondary N) is 1. The van der Waals surface area contributed by atoms with Gasteiger partial charge in [0.05, 0.1) is 10.9 Å². The van der Waals surface area contributed by atoms with Crippen molar-refractivity contribution >= 4 is 27.6 Å². The molecule has 1 N–H and O–H groups in total. The maximum Gasteiger partial charge on any atom is 0.321 e. The van der Waals surface area contributed by atoms with Crippen molar-refractivity contribution in [3.8, 4) is 0 Å². The van der Waals surface area contributed by atoms with Gasteiger partial charge in [0.2, 0.25) is 0 Å². The van der Waals surface area contributed by atoms with Gasteiger partial charge in [-0.1, -0.05) is 35.0 Å². The minimum absolute atomic E-state index is 0.0478. The predicted octanol–water partition coefficient (Wildman–Crippen LogP) is 3.52. The molecule has 0 spiro atoms. The van der Waals surface area contributed by atoms with Crippen LogP contribution in [0.4, 0.5) is 10.5 Å². The van der Waals surface area contributed by atoms with Gasteiger partial charge in [-0.05, 0) is 29.5 Å². The molecule has 3 unspecified atom stereocenters. The molecular formula is C15H19BrN2O2. The number of urea groups is 1. The number of hydrogen-bond acceptors (Lipinski definition) is 2. The van der Waals surface area contributed by atoms with Crippen LogP contribution in [0.15, 0.2) is 18.2 Å². The van der Waals surface area contributed by atoms with Crippen molar-refractivity contribution in [1.29, 1.82) is 0 Å². The first kappa shape index (κ1) is 13.9. The quantitative estimate of drug-likeness (QED) is 0.838. The average Bonchev–Trinajstić information content (AvgIpc) is 2.85. The van der Waals surface area contributed by atoms with Gasteiger partial charge in [-0.25, -0.2) is 4.79 Å². The number of benzene rings is 1. The molecule has 1 aromatic rings. The molecule has 0 bridgehead atoms. The highest BCUT2D eigenvalue weighted by Gasteiger charge is 2.32. The maximum absolute atomic E-state index is 11.6. The van der Waals surface area contributed by atoms with E-state index in [9.17, 15) is 4.79 Å². The summed E-state index contributed by atoms with van der Waals surface area (Å²) in [5.41, 5.74) is 3.28. The first-order valence-corrected chi connectivity index (χ1v) is 7.88. The molecule has 20 heavy (non-hydrogen) atoms. The van der Waals surface area contributed by atoms with Gasteiger partial charge in [0, 0.05) is 25.9 Å². The molecule has 5 heteroatoms. The van der Waals surface area contributed by atoms with Gasteiger partial charge in [0.1, 0.15) is 0 Å². The van der Waals surface area contributed by atoms with Gasteiger partial charge in [-0.15, -0.1) is 0 Å². The molecule has 2 aliphatic heterocycles. The van der Waals surface area contributed by atoms with E-state index >= 15 is 0 Å². The minimum atomic E-state index is -0.0478. The van der Waals surface area contributed by atoms with Gasteiger partial charge < -0.3 is 15.0 Å². The van der Waals surface area contributed by atoms with Gasteiger partial charge in [0.25, 0.3) is 0 Å². The zero-order chi connectivity index (χ0) is 14.3. The van der Waals surface area contributed by atoms with Crippen LogP contribution in [-0.4, -0.2) is 30.7 Å². The van der Waals surface area contributed by atoms with Gasteiger partial charge in [-0.2, -0.15) is 0 Å². The van der Waals surface area contributed by atoms with Crippen molar-refractivity contribution in [2.45, 2.75) is 30.8 Å². The number of carbonyl (C=O) groups excluding carboxylic acids is 1. The third kappa shape index (κ3) is 2.44. The lowest BCUT2D eigenvalue weighted by Gasteiger charge is -2.28. The molecule has 1 aromatic carbocycles. The molecule has 1 saturated heterocycles. The Kier molecular flexibility index (Phi) is 3.73. The number of nitrogens with zero attached hydrogens (tertiary/aromatic N) is 1. The third-order valence-electron chi connectivity index (χ3n) is 4.18. The molecule has 2 aliphatic rings. The summed E-state index contributed by atoms with van der Waals surface area (Å²) in [5, 5.41) is 2.89. The smallest absolute Gasteiger partial charge is 0.321 e. The zero-order valence-electron chi connectivity index (χ0n) is 11.7. The molecule has 0 radical (unpaired) electrons. The molecule has 0 aliphatic carbocycles. The van der Waals surface area contributed by atoms with E-state index in [1.807, 2.05) is 6.07 Å². The number of amides is 2. The molecule has 3 rings (SSSR count). The number of hydrogen-bond donors (Lipinski definition) is 1. The van der Waals surface area contributed by atoms with Crippen LogP contribution < -0.4 is 5.32 Å². The highest BCUT2D eigenvalue weighted by Crippen LogP contribution is 2.38. The van der Waals surface area contributed by atoms with Crippen LogP contribution in [0.5, 0.6) is 0 Å². The first-order chi connectivity index (χ1) is 9.56.